The molecule has 2 bridgehead atoms. The molecule has 1 saturated heterocycles. The highest BCUT2D eigenvalue weighted by atomic mass is 16.3. The van der Waals surface area contributed by atoms with Gasteiger partial charge >= 0.3 is 0 Å². The zero-order valence-electron chi connectivity index (χ0n) is 22.7. The number of carbonyl (C=O) groups is 1. The molecule has 2 aliphatic carbocycles. The summed E-state index contributed by atoms with van der Waals surface area (Å²) in [5.74, 6) is 0.107. The Bertz CT molecular complexity index is 1410. The van der Waals surface area contributed by atoms with Crippen LogP contribution in [0, 0.1) is 19.3 Å². The number of carbonyl (C=O) groups excluding carboxylic acids is 1. The lowest BCUT2D eigenvalue weighted by molar-refractivity contribution is -0.126. The minimum absolute atomic E-state index is 0.0616. The average molecular weight is 519 g/mol. The van der Waals surface area contributed by atoms with Gasteiger partial charge in [0.25, 0.3) is 0 Å². The van der Waals surface area contributed by atoms with Crippen molar-refractivity contribution in [3.8, 4) is 0 Å². The van der Waals surface area contributed by atoms with Gasteiger partial charge in [-0.1, -0.05) is 0 Å². The van der Waals surface area contributed by atoms with Gasteiger partial charge in [-0.15, -0.1) is 0 Å². The van der Waals surface area contributed by atoms with Crippen molar-refractivity contribution in [2.45, 2.75) is 77.1 Å². The number of aliphatic hydroxyl groups is 1. The van der Waals surface area contributed by atoms with Crippen LogP contribution in [-0.4, -0.2) is 78.3 Å². The molecule has 2 saturated carbocycles. The summed E-state index contributed by atoms with van der Waals surface area (Å²) in [4.78, 5) is 21.9. The van der Waals surface area contributed by atoms with Gasteiger partial charge in [-0.3, -0.25) is 19.1 Å². The highest BCUT2D eigenvalue weighted by Crippen LogP contribution is 2.57. The number of aliphatic hydroxyl groups excluding tert-OH is 1. The molecule has 2 N–H and O–H groups in total. The zero-order chi connectivity index (χ0) is 26.2. The van der Waals surface area contributed by atoms with Crippen LogP contribution < -0.4 is 10.2 Å². The number of hydrogen-bond donors (Lipinski definition) is 2. The first-order chi connectivity index (χ1) is 18.2. The molecule has 0 spiro atoms. The van der Waals surface area contributed by atoms with Gasteiger partial charge in [0.15, 0.2) is 5.65 Å². The third kappa shape index (κ3) is 3.91. The summed E-state index contributed by atoms with van der Waals surface area (Å²) in [5, 5.41) is 23.6. The van der Waals surface area contributed by atoms with Crippen molar-refractivity contribution in [1.82, 2.24) is 34.8 Å². The van der Waals surface area contributed by atoms with E-state index in [1.165, 1.54) is 16.9 Å². The molecule has 5 heterocycles. The highest BCUT2D eigenvalue weighted by molar-refractivity contribution is 5.89. The smallest absolute Gasteiger partial charge is 0.234 e. The number of pyridine rings is 1. The van der Waals surface area contributed by atoms with Crippen LogP contribution in [0.5, 0.6) is 0 Å². The lowest BCUT2D eigenvalue weighted by Crippen LogP contribution is -2.56. The van der Waals surface area contributed by atoms with E-state index < -0.39 is 0 Å². The van der Waals surface area contributed by atoms with Crippen molar-refractivity contribution in [1.29, 1.82) is 0 Å². The van der Waals surface area contributed by atoms with Gasteiger partial charge in [0.05, 0.1) is 35.6 Å². The molecule has 0 radical (unpaired) electrons. The second-order valence-electron chi connectivity index (χ2n) is 12.5. The molecule has 1 amide bonds. The van der Waals surface area contributed by atoms with Crippen LogP contribution >= 0.6 is 0 Å². The van der Waals surface area contributed by atoms with Gasteiger partial charge in [0.2, 0.25) is 5.91 Å². The second kappa shape index (κ2) is 8.51. The van der Waals surface area contributed by atoms with Crippen molar-refractivity contribution in [3.63, 3.8) is 0 Å². The summed E-state index contributed by atoms with van der Waals surface area (Å²) in [6.45, 7) is 8.57. The third-order valence-electron chi connectivity index (χ3n) is 9.66. The van der Waals surface area contributed by atoms with Crippen molar-refractivity contribution in [2.75, 3.05) is 31.1 Å². The number of aryl methyl sites for hydroxylation is 3. The molecule has 10 nitrogen and oxygen atoms in total. The fraction of sp³-hybridized carbons (Fsp3) is 0.643. The topological polar surface area (TPSA) is 104 Å². The second-order valence-corrected chi connectivity index (χ2v) is 12.5. The van der Waals surface area contributed by atoms with E-state index in [1.807, 2.05) is 22.8 Å². The Kier molecular flexibility index (Phi) is 5.39. The molecule has 10 heteroatoms. The first-order valence-electron chi connectivity index (χ1n) is 14.0. The Morgan fingerprint density at radius 1 is 1.21 bits per heavy atom. The Morgan fingerprint density at radius 2 is 2.00 bits per heavy atom. The number of aromatic nitrogens is 5. The van der Waals surface area contributed by atoms with Crippen LogP contribution in [0.25, 0.3) is 11.0 Å². The number of fused-ring (bicyclic) bond motifs is 4. The highest BCUT2D eigenvalue weighted by Gasteiger charge is 2.55. The van der Waals surface area contributed by atoms with E-state index in [-0.39, 0.29) is 23.0 Å². The van der Waals surface area contributed by atoms with E-state index in [1.54, 1.807) is 0 Å². The fourth-order valence-corrected chi connectivity index (χ4v) is 7.72. The van der Waals surface area contributed by atoms with Crippen LogP contribution in [0.15, 0.2) is 12.3 Å². The monoisotopic (exact) mass is 518 g/mol. The van der Waals surface area contributed by atoms with Crippen LogP contribution in [-0.2, 0) is 31.4 Å². The number of amides is 1. The minimum atomic E-state index is -0.271. The molecule has 4 aliphatic rings. The van der Waals surface area contributed by atoms with Crippen LogP contribution in [0.4, 0.5) is 5.69 Å². The molecule has 2 aliphatic heterocycles. The molecular formula is C28H38N8O2. The van der Waals surface area contributed by atoms with E-state index in [4.69, 9.17) is 10.1 Å². The van der Waals surface area contributed by atoms with E-state index in [0.717, 1.165) is 80.6 Å². The maximum absolute atomic E-state index is 12.7. The normalized spacial score (nSPS) is 27.2. The van der Waals surface area contributed by atoms with Crippen molar-refractivity contribution < 1.29 is 9.90 Å². The van der Waals surface area contributed by atoms with Crippen molar-refractivity contribution in [3.05, 3.63) is 34.9 Å². The van der Waals surface area contributed by atoms with Crippen LogP contribution in [0.1, 0.15) is 54.7 Å². The average Bonchev–Trinajstić information content (AvgIpc) is 3.59. The fourth-order valence-electron chi connectivity index (χ4n) is 7.72. The summed E-state index contributed by atoms with van der Waals surface area (Å²) >= 11 is 0. The molecule has 3 fully saturated rings. The van der Waals surface area contributed by atoms with Crippen molar-refractivity contribution >= 4 is 22.6 Å². The van der Waals surface area contributed by atoms with Gasteiger partial charge < -0.3 is 15.3 Å². The predicted octanol–water partition coefficient (Wildman–Crippen LogP) is 1.84. The summed E-state index contributed by atoms with van der Waals surface area (Å²) < 4.78 is 4.16. The number of β-amino-alcohol motifs (C(OH)–C–C–N with tert-alkyl or cyclic N) is 1. The summed E-state index contributed by atoms with van der Waals surface area (Å²) in [7, 11) is 1.95. The van der Waals surface area contributed by atoms with E-state index >= 15 is 0 Å². The summed E-state index contributed by atoms with van der Waals surface area (Å²) in [6, 6.07) is 2.18. The first-order valence-corrected chi connectivity index (χ1v) is 14.0. The standard InChI is InChI=1S/C28H38N8O2/c1-18-10-24(21-11-29-33(3)26(21)30-18)35-9-4-23-22(14-35)19(2)32-36(23)17-27-5-7-28(16-27,8-6-27)31-25(38)15-34-12-20(37)13-34/h10-11,20,37H,4-9,12-17H2,1-3H3,(H,31,38). The quantitative estimate of drug-likeness (QED) is 0.513. The summed E-state index contributed by atoms with van der Waals surface area (Å²) in [6.07, 6.45) is 8.07. The lowest BCUT2D eigenvalue weighted by Gasteiger charge is -2.36. The molecular weight excluding hydrogens is 480 g/mol. The number of hydrogen-bond acceptors (Lipinski definition) is 7. The SMILES string of the molecule is Cc1cc(N2CCc3c(c(C)nn3CC34CCC(NC(=O)CN5CC(O)C5)(CC3)C4)C2)c2cnn(C)c2n1. The van der Waals surface area contributed by atoms with Crippen LogP contribution in [0.3, 0.4) is 0 Å². The Balaban J connectivity index is 1.07. The van der Waals surface area contributed by atoms with Crippen LogP contribution in [0.2, 0.25) is 0 Å². The molecule has 7 rings (SSSR count). The lowest BCUT2D eigenvalue weighted by atomic mass is 9.84. The summed E-state index contributed by atoms with van der Waals surface area (Å²) in [5.41, 5.74) is 7.16. The predicted molar refractivity (Wildman–Crippen MR) is 144 cm³/mol. The van der Waals surface area contributed by atoms with Gasteiger partial charge in [0, 0.05) is 68.7 Å². The van der Waals surface area contributed by atoms with Crippen molar-refractivity contribution in [2.24, 2.45) is 12.5 Å². The maximum atomic E-state index is 12.7. The van der Waals surface area contributed by atoms with E-state index in [2.05, 4.69) is 39.9 Å². The molecule has 0 atom stereocenters. The van der Waals surface area contributed by atoms with E-state index in [9.17, 15) is 9.90 Å². The van der Waals surface area contributed by atoms with Gasteiger partial charge in [-0.05, 0) is 57.4 Å². The molecule has 3 aromatic heterocycles. The Hall–Kier alpha value is -2.98. The molecule has 202 valence electrons. The van der Waals surface area contributed by atoms with Gasteiger partial charge in [-0.2, -0.15) is 10.2 Å². The minimum Gasteiger partial charge on any atom is -0.390 e. The number of nitrogens with one attached hydrogen (secondary N) is 1. The molecule has 0 unspecified atom stereocenters. The number of rotatable bonds is 6. The van der Waals surface area contributed by atoms with Gasteiger partial charge in [-0.25, -0.2) is 4.98 Å². The molecule has 38 heavy (non-hydrogen) atoms. The van der Waals surface area contributed by atoms with E-state index in [0.29, 0.717) is 19.6 Å². The van der Waals surface area contributed by atoms with Gasteiger partial charge in [0.1, 0.15) is 0 Å². The third-order valence-corrected chi connectivity index (χ3v) is 9.66. The molecule has 0 aromatic carbocycles. The zero-order valence-corrected chi connectivity index (χ0v) is 22.7. The first kappa shape index (κ1) is 24.1. The largest absolute Gasteiger partial charge is 0.390 e. The number of likely N-dealkylation sites (tertiary alicyclic amines) is 1. The Morgan fingerprint density at radius 3 is 2.76 bits per heavy atom. The maximum Gasteiger partial charge on any atom is 0.234 e. The Labute approximate surface area is 223 Å². The molecule has 3 aromatic rings. The number of nitrogens with zero attached hydrogens (tertiary/aromatic N) is 7. The number of anilines is 1.